The molecule has 0 aromatic rings. The average molecular weight is 241 g/mol. The summed E-state index contributed by atoms with van der Waals surface area (Å²) in [6.45, 7) is 8.80. The summed E-state index contributed by atoms with van der Waals surface area (Å²) in [5.41, 5.74) is -0.281. The zero-order valence-corrected chi connectivity index (χ0v) is 11.1. The van der Waals surface area contributed by atoms with E-state index in [1.54, 1.807) is 0 Å². The Morgan fingerprint density at radius 3 is 2.59 bits per heavy atom. The van der Waals surface area contributed by atoms with E-state index in [2.05, 4.69) is 6.92 Å². The highest BCUT2D eigenvalue weighted by Gasteiger charge is 2.44. The molecule has 2 fully saturated rings. The van der Waals surface area contributed by atoms with Crippen LogP contribution in [0.25, 0.3) is 0 Å². The van der Waals surface area contributed by atoms with Crippen LogP contribution in [0.2, 0.25) is 0 Å². The molecule has 1 spiro atoms. The smallest absolute Gasteiger partial charge is 0.228 e. The summed E-state index contributed by atoms with van der Waals surface area (Å²) in [6.07, 6.45) is 2.73. The Balaban J connectivity index is 2.04. The molecule has 0 radical (unpaired) electrons. The van der Waals surface area contributed by atoms with Gasteiger partial charge in [-0.3, -0.25) is 4.79 Å². The first-order chi connectivity index (χ1) is 7.99. The molecule has 4 nitrogen and oxygen atoms in total. The number of amides is 1. The van der Waals surface area contributed by atoms with Gasteiger partial charge in [-0.25, -0.2) is 0 Å². The fourth-order valence-corrected chi connectivity index (χ4v) is 2.47. The standard InChI is InChI=1S/C13H23NO3/c1-4-12(2,3)11(15)14-7-5-6-13(10-14)16-8-9-17-13/h4-10H2,1-3H3. The predicted octanol–water partition coefficient (Wildman–Crippen LogP) is 1.79. The van der Waals surface area contributed by atoms with Gasteiger partial charge in [0.15, 0.2) is 5.79 Å². The predicted molar refractivity (Wildman–Crippen MR) is 64.5 cm³/mol. The Hall–Kier alpha value is -0.610. The van der Waals surface area contributed by atoms with Gasteiger partial charge in [-0.15, -0.1) is 0 Å². The lowest BCUT2D eigenvalue weighted by atomic mass is 9.87. The maximum Gasteiger partial charge on any atom is 0.228 e. The van der Waals surface area contributed by atoms with Crippen LogP contribution < -0.4 is 0 Å². The summed E-state index contributed by atoms with van der Waals surface area (Å²) in [5, 5.41) is 0. The van der Waals surface area contributed by atoms with Crippen LogP contribution in [0, 0.1) is 5.41 Å². The molecule has 0 unspecified atom stereocenters. The number of carbonyl (C=O) groups is 1. The average Bonchev–Trinajstić information content (AvgIpc) is 2.76. The van der Waals surface area contributed by atoms with Crippen LogP contribution in [0.5, 0.6) is 0 Å². The first-order valence-electron chi connectivity index (χ1n) is 6.56. The summed E-state index contributed by atoms with van der Waals surface area (Å²) in [4.78, 5) is 14.3. The minimum atomic E-state index is -0.502. The number of rotatable bonds is 2. The Labute approximate surface area is 103 Å². The van der Waals surface area contributed by atoms with Gasteiger partial charge >= 0.3 is 0 Å². The summed E-state index contributed by atoms with van der Waals surface area (Å²) in [5.74, 6) is -0.282. The Morgan fingerprint density at radius 2 is 2.00 bits per heavy atom. The van der Waals surface area contributed by atoms with Crippen molar-refractivity contribution in [1.82, 2.24) is 4.90 Å². The highest BCUT2D eigenvalue weighted by Crippen LogP contribution is 2.33. The van der Waals surface area contributed by atoms with E-state index in [9.17, 15) is 4.79 Å². The summed E-state index contributed by atoms with van der Waals surface area (Å²) in [7, 11) is 0. The van der Waals surface area contributed by atoms with Gasteiger partial charge in [0.05, 0.1) is 19.8 Å². The number of likely N-dealkylation sites (tertiary alicyclic amines) is 1. The van der Waals surface area contributed by atoms with Gasteiger partial charge in [0.25, 0.3) is 0 Å². The first kappa shape index (κ1) is 12.8. The molecule has 0 atom stereocenters. The molecule has 0 bridgehead atoms. The van der Waals surface area contributed by atoms with Gasteiger partial charge in [-0.1, -0.05) is 20.8 Å². The van der Waals surface area contributed by atoms with Crippen molar-refractivity contribution in [2.24, 2.45) is 5.41 Å². The summed E-state index contributed by atoms with van der Waals surface area (Å²) in [6, 6.07) is 0. The van der Waals surface area contributed by atoms with Crippen molar-refractivity contribution in [3.8, 4) is 0 Å². The second-order valence-corrected chi connectivity index (χ2v) is 5.68. The lowest BCUT2D eigenvalue weighted by Crippen LogP contribution is -2.53. The highest BCUT2D eigenvalue weighted by atomic mass is 16.7. The van der Waals surface area contributed by atoms with E-state index in [1.807, 2.05) is 18.7 Å². The summed E-state index contributed by atoms with van der Waals surface area (Å²) >= 11 is 0. The van der Waals surface area contributed by atoms with Crippen LogP contribution in [0.3, 0.4) is 0 Å². The zero-order valence-electron chi connectivity index (χ0n) is 11.1. The normalized spacial score (nSPS) is 24.3. The van der Waals surface area contributed by atoms with E-state index < -0.39 is 5.79 Å². The lowest BCUT2D eigenvalue weighted by Gasteiger charge is -2.41. The molecule has 0 aromatic heterocycles. The molecule has 98 valence electrons. The SMILES string of the molecule is CCC(C)(C)C(=O)N1CCCC2(C1)OCCO2. The number of nitrogens with zero attached hydrogens (tertiary/aromatic N) is 1. The zero-order chi connectivity index (χ0) is 12.5. The number of hydrogen-bond donors (Lipinski definition) is 0. The maximum absolute atomic E-state index is 12.4. The van der Waals surface area contributed by atoms with E-state index in [0.717, 1.165) is 25.8 Å². The summed E-state index contributed by atoms with van der Waals surface area (Å²) < 4.78 is 11.4. The molecular formula is C13H23NO3. The van der Waals surface area contributed by atoms with Crippen molar-refractivity contribution in [3.63, 3.8) is 0 Å². The van der Waals surface area contributed by atoms with E-state index in [-0.39, 0.29) is 11.3 Å². The minimum absolute atomic E-state index is 0.221. The second kappa shape index (κ2) is 4.58. The third-order valence-corrected chi connectivity index (χ3v) is 3.98. The van der Waals surface area contributed by atoms with Crippen LogP contribution in [-0.2, 0) is 14.3 Å². The van der Waals surface area contributed by atoms with Crippen molar-refractivity contribution < 1.29 is 14.3 Å². The molecule has 2 aliphatic rings. The van der Waals surface area contributed by atoms with Crippen LogP contribution in [0.1, 0.15) is 40.0 Å². The topological polar surface area (TPSA) is 38.8 Å². The first-order valence-corrected chi connectivity index (χ1v) is 6.56. The number of ether oxygens (including phenoxy) is 2. The Bertz CT molecular complexity index is 295. The lowest BCUT2D eigenvalue weighted by molar-refractivity contribution is -0.196. The highest BCUT2D eigenvalue weighted by molar-refractivity contribution is 5.82. The molecule has 2 saturated heterocycles. The molecule has 0 aromatic carbocycles. The van der Waals surface area contributed by atoms with Gasteiger partial charge in [0.2, 0.25) is 5.91 Å². The fourth-order valence-electron chi connectivity index (χ4n) is 2.47. The van der Waals surface area contributed by atoms with Gasteiger partial charge in [0.1, 0.15) is 0 Å². The van der Waals surface area contributed by atoms with E-state index in [1.165, 1.54) is 0 Å². The van der Waals surface area contributed by atoms with Crippen molar-refractivity contribution >= 4 is 5.91 Å². The molecule has 0 saturated carbocycles. The van der Waals surface area contributed by atoms with Crippen molar-refractivity contribution in [2.45, 2.75) is 45.8 Å². The van der Waals surface area contributed by atoms with Gasteiger partial charge in [-0.2, -0.15) is 0 Å². The quantitative estimate of drug-likeness (QED) is 0.740. The monoisotopic (exact) mass is 241 g/mol. The van der Waals surface area contributed by atoms with E-state index in [4.69, 9.17) is 9.47 Å². The maximum atomic E-state index is 12.4. The Kier molecular flexibility index (Phi) is 3.46. The Morgan fingerprint density at radius 1 is 1.35 bits per heavy atom. The molecule has 0 aliphatic carbocycles. The van der Waals surface area contributed by atoms with Crippen molar-refractivity contribution in [3.05, 3.63) is 0 Å². The third-order valence-electron chi connectivity index (χ3n) is 3.98. The van der Waals surface area contributed by atoms with Crippen LogP contribution in [-0.4, -0.2) is 42.9 Å². The third kappa shape index (κ3) is 2.47. The largest absolute Gasteiger partial charge is 0.346 e. The molecule has 1 amide bonds. The van der Waals surface area contributed by atoms with E-state index in [0.29, 0.717) is 19.8 Å². The molecule has 2 rings (SSSR count). The van der Waals surface area contributed by atoms with Crippen molar-refractivity contribution in [2.75, 3.05) is 26.3 Å². The second-order valence-electron chi connectivity index (χ2n) is 5.68. The molecule has 2 heterocycles. The van der Waals surface area contributed by atoms with E-state index >= 15 is 0 Å². The number of hydrogen-bond acceptors (Lipinski definition) is 3. The molecule has 2 aliphatic heterocycles. The van der Waals surface area contributed by atoms with Crippen LogP contribution in [0.4, 0.5) is 0 Å². The minimum Gasteiger partial charge on any atom is -0.346 e. The number of piperidine rings is 1. The van der Waals surface area contributed by atoms with Crippen LogP contribution >= 0.6 is 0 Å². The molecule has 4 heteroatoms. The van der Waals surface area contributed by atoms with Crippen LogP contribution in [0.15, 0.2) is 0 Å². The molecule has 17 heavy (non-hydrogen) atoms. The van der Waals surface area contributed by atoms with Gasteiger partial charge < -0.3 is 14.4 Å². The fraction of sp³-hybridized carbons (Fsp3) is 0.923. The molecular weight excluding hydrogens is 218 g/mol. The number of carbonyl (C=O) groups excluding carboxylic acids is 1. The van der Waals surface area contributed by atoms with Gasteiger partial charge in [0, 0.05) is 18.4 Å². The van der Waals surface area contributed by atoms with Crippen molar-refractivity contribution in [1.29, 1.82) is 0 Å². The van der Waals surface area contributed by atoms with Gasteiger partial charge in [-0.05, 0) is 12.8 Å². The molecule has 0 N–H and O–H groups in total.